The lowest BCUT2D eigenvalue weighted by Gasteiger charge is -2.34. The van der Waals surface area contributed by atoms with Crippen molar-refractivity contribution in [2.24, 2.45) is 5.92 Å². The zero-order valence-electron chi connectivity index (χ0n) is 11.6. The SMILES string of the molecule is COCC1CCCN(C(=O)CC2CNCCO2)C1.Cl. The number of nitrogens with one attached hydrogen (secondary N) is 1. The van der Waals surface area contributed by atoms with Gasteiger partial charge in [0.05, 0.1) is 25.7 Å². The van der Waals surface area contributed by atoms with Crippen LogP contribution in [0.15, 0.2) is 0 Å². The highest BCUT2D eigenvalue weighted by atomic mass is 35.5. The zero-order chi connectivity index (χ0) is 12.8. The minimum Gasteiger partial charge on any atom is -0.384 e. The van der Waals surface area contributed by atoms with E-state index in [9.17, 15) is 4.79 Å². The summed E-state index contributed by atoms with van der Waals surface area (Å²) in [6.07, 6.45) is 2.81. The van der Waals surface area contributed by atoms with Gasteiger partial charge in [-0.1, -0.05) is 0 Å². The van der Waals surface area contributed by atoms with E-state index in [1.54, 1.807) is 7.11 Å². The summed E-state index contributed by atoms with van der Waals surface area (Å²) < 4.78 is 10.8. The molecule has 1 N–H and O–H groups in total. The fraction of sp³-hybridized carbons (Fsp3) is 0.923. The Kier molecular flexibility index (Phi) is 7.68. The molecule has 0 spiro atoms. The number of carbonyl (C=O) groups is 1. The third-order valence-corrected chi connectivity index (χ3v) is 3.68. The third-order valence-electron chi connectivity index (χ3n) is 3.68. The molecule has 2 rings (SSSR count). The Hall–Kier alpha value is -0.360. The highest BCUT2D eigenvalue weighted by Crippen LogP contribution is 2.18. The lowest BCUT2D eigenvalue weighted by molar-refractivity contribution is -0.136. The first-order valence-corrected chi connectivity index (χ1v) is 6.88. The third kappa shape index (κ3) is 5.26. The van der Waals surface area contributed by atoms with Crippen molar-refractivity contribution in [3.05, 3.63) is 0 Å². The van der Waals surface area contributed by atoms with E-state index >= 15 is 0 Å². The van der Waals surface area contributed by atoms with Crippen LogP contribution in [0.4, 0.5) is 0 Å². The van der Waals surface area contributed by atoms with Crippen LogP contribution < -0.4 is 5.32 Å². The van der Waals surface area contributed by atoms with Gasteiger partial charge in [-0.05, 0) is 18.8 Å². The molecular weight excluding hydrogens is 268 g/mol. The normalized spacial score (nSPS) is 27.7. The molecule has 2 aliphatic rings. The smallest absolute Gasteiger partial charge is 0.225 e. The summed E-state index contributed by atoms with van der Waals surface area (Å²) in [5.74, 6) is 0.725. The molecule has 2 saturated heterocycles. The molecule has 2 atom stereocenters. The van der Waals surface area contributed by atoms with E-state index < -0.39 is 0 Å². The van der Waals surface area contributed by atoms with Crippen LogP contribution >= 0.6 is 12.4 Å². The van der Waals surface area contributed by atoms with E-state index in [2.05, 4.69) is 5.32 Å². The van der Waals surface area contributed by atoms with Crippen LogP contribution in [-0.4, -0.2) is 63.4 Å². The maximum absolute atomic E-state index is 12.2. The second kappa shape index (κ2) is 8.74. The lowest BCUT2D eigenvalue weighted by atomic mass is 9.98. The molecule has 1 amide bonds. The fourth-order valence-electron chi connectivity index (χ4n) is 2.74. The number of hydrogen-bond acceptors (Lipinski definition) is 4. The van der Waals surface area contributed by atoms with Crippen LogP contribution in [0.5, 0.6) is 0 Å². The van der Waals surface area contributed by atoms with Gasteiger partial charge in [-0.2, -0.15) is 0 Å². The number of carbonyl (C=O) groups excluding carboxylic acids is 1. The molecule has 0 bridgehead atoms. The molecule has 5 nitrogen and oxygen atoms in total. The van der Waals surface area contributed by atoms with Crippen molar-refractivity contribution in [1.29, 1.82) is 0 Å². The Morgan fingerprint density at radius 3 is 3.05 bits per heavy atom. The Morgan fingerprint density at radius 2 is 2.37 bits per heavy atom. The molecule has 0 radical (unpaired) electrons. The topological polar surface area (TPSA) is 50.8 Å². The number of piperidine rings is 1. The number of rotatable bonds is 4. The molecule has 6 heteroatoms. The van der Waals surface area contributed by atoms with E-state index in [-0.39, 0.29) is 24.4 Å². The van der Waals surface area contributed by atoms with E-state index in [1.165, 1.54) is 6.42 Å². The summed E-state index contributed by atoms with van der Waals surface area (Å²) >= 11 is 0. The van der Waals surface area contributed by atoms with Gasteiger partial charge in [-0.3, -0.25) is 4.79 Å². The number of nitrogens with zero attached hydrogens (tertiary/aromatic N) is 1. The molecule has 112 valence electrons. The number of hydrogen-bond donors (Lipinski definition) is 1. The van der Waals surface area contributed by atoms with Gasteiger partial charge in [0.1, 0.15) is 0 Å². The Balaban J connectivity index is 0.00000180. The van der Waals surface area contributed by atoms with E-state index in [0.29, 0.717) is 18.9 Å². The number of methoxy groups -OCH3 is 1. The van der Waals surface area contributed by atoms with Crippen molar-refractivity contribution < 1.29 is 14.3 Å². The molecule has 0 aromatic rings. The molecule has 2 heterocycles. The fourth-order valence-corrected chi connectivity index (χ4v) is 2.74. The highest BCUT2D eigenvalue weighted by molar-refractivity contribution is 5.85. The van der Waals surface area contributed by atoms with Gasteiger partial charge in [-0.25, -0.2) is 0 Å². The summed E-state index contributed by atoms with van der Waals surface area (Å²) in [6.45, 7) is 4.88. The van der Waals surface area contributed by atoms with Gasteiger partial charge in [-0.15, -0.1) is 12.4 Å². The summed E-state index contributed by atoms with van der Waals surface area (Å²) in [4.78, 5) is 14.2. The van der Waals surface area contributed by atoms with Crippen molar-refractivity contribution in [1.82, 2.24) is 10.2 Å². The second-order valence-corrected chi connectivity index (χ2v) is 5.20. The van der Waals surface area contributed by atoms with Crippen LogP contribution in [0, 0.1) is 5.92 Å². The van der Waals surface area contributed by atoms with Crippen LogP contribution in [0.2, 0.25) is 0 Å². The van der Waals surface area contributed by atoms with Gasteiger partial charge in [0.15, 0.2) is 0 Å². The summed E-state index contributed by atoms with van der Waals surface area (Å²) in [5, 5.41) is 3.26. The Labute approximate surface area is 121 Å². The van der Waals surface area contributed by atoms with Gasteiger partial charge in [0.2, 0.25) is 5.91 Å². The summed E-state index contributed by atoms with van der Waals surface area (Å²) in [7, 11) is 1.72. The van der Waals surface area contributed by atoms with Crippen molar-refractivity contribution in [3.8, 4) is 0 Å². The molecule has 2 unspecified atom stereocenters. The summed E-state index contributed by atoms with van der Waals surface area (Å²) in [5.41, 5.74) is 0. The standard InChI is InChI=1S/C13H24N2O3.ClH/c1-17-10-11-3-2-5-15(9-11)13(16)7-12-8-14-4-6-18-12;/h11-12,14H,2-10H2,1H3;1H. The molecule has 0 aliphatic carbocycles. The number of halogens is 1. The number of likely N-dealkylation sites (tertiary alicyclic amines) is 1. The van der Waals surface area contributed by atoms with Gasteiger partial charge in [0.25, 0.3) is 0 Å². The quantitative estimate of drug-likeness (QED) is 0.828. The van der Waals surface area contributed by atoms with Crippen molar-refractivity contribution in [2.45, 2.75) is 25.4 Å². The maximum Gasteiger partial charge on any atom is 0.225 e. The molecule has 2 fully saturated rings. The number of morpholine rings is 1. The highest BCUT2D eigenvalue weighted by Gasteiger charge is 2.26. The first kappa shape index (κ1) is 16.7. The minimum absolute atomic E-state index is 0. The lowest BCUT2D eigenvalue weighted by Crippen LogP contribution is -2.45. The molecule has 2 aliphatic heterocycles. The van der Waals surface area contributed by atoms with Crippen molar-refractivity contribution >= 4 is 18.3 Å². The second-order valence-electron chi connectivity index (χ2n) is 5.20. The van der Waals surface area contributed by atoms with E-state index in [0.717, 1.165) is 39.2 Å². The van der Waals surface area contributed by atoms with Gasteiger partial charge < -0.3 is 19.7 Å². The molecular formula is C13H25ClN2O3. The number of amides is 1. The maximum atomic E-state index is 12.2. The number of ether oxygens (including phenoxy) is 2. The largest absolute Gasteiger partial charge is 0.384 e. The first-order valence-electron chi connectivity index (χ1n) is 6.88. The van der Waals surface area contributed by atoms with Crippen molar-refractivity contribution in [2.75, 3.05) is 46.5 Å². The molecule has 0 aromatic heterocycles. The van der Waals surface area contributed by atoms with E-state index in [1.807, 2.05) is 4.90 Å². The van der Waals surface area contributed by atoms with Gasteiger partial charge >= 0.3 is 0 Å². The summed E-state index contributed by atoms with van der Waals surface area (Å²) in [6, 6.07) is 0. The van der Waals surface area contributed by atoms with Crippen LogP contribution in [0.1, 0.15) is 19.3 Å². The Bertz CT molecular complexity index is 271. The molecule has 0 aromatic carbocycles. The Morgan fingerprint density at radius 1 is 1.53 bits per heavy atom. The van der Waals surface area contributed by atoms with Crippen LogP contribution in [-0.2, 0) is 14.3 Å². The zero-order valence-corrected chi connectivity index (χ0v) is 12.4. The first-order chi connectivity index (χ1) is 8.79. The predicted octanol–water partition coefficient (Wildman–Crippen LogP) is 0.672. The molecule has 19 heavy (non-hydrogen) atoms. The van der Waals surface area contributed by atoms with Crippen LogP contribution in [0.3, 0.4) is 0 Å². The monoisotopic (exact) mass is 292 g/mol. The van der Waals surface area contributed by atoms with E-state index in [4.69, 9.17) is 9.47 Å². The average Bonchev–Trinajstić information content (AvgIpc) is 2.40. The van der Waals surface area contributed by atoms with Gasteiger partial charge in [0, 0.05) is 33.3 Å². The minimum atomic E-state index is 0. The van der Waals surface area contributed by atoms with Crippen molar-refractivity contribution in [3.63, 3.8) is 0 Å². The average molecular weight is 293 g/mol. The predicted molar refractivity (Wildman–Crippen MR) is 75.7 cm³/mol. The molecule has 0 saturated carbocycles. The van der Waals surface area contributed by atoms with Crippen LogP contribution in [0.25, 0.3) is 0 Å².